The van der Waals surface area contributed by atoms with Gasteiger partial charge in [-0.3, -0.25) is 4.57 Å². The first kappa shape index (κ1) is 24.3. The number of aryl methyl sites for hydroxylation is 1. The monoisotopic (exact) mass is 426 g/mol. The van der Waals surface area contributed by atoms with Gasteiger partial charge in [0.05, 0.1) is 25.0 Å². The lowest BCUT2D eigenvalue weighted by molar-refractivity contribution is 0.0701. The second-order valence-corrected chi connectivity index (χ2v) is 9.97. The highest BCUT2D eigenvalue weighted by atomic mass is 31.2. The fourth-order valence-electron chi connectivity index (χ4n) is 3.80. The first-order valence-corrected chi connectivity index (χ1v) is 12.2. The molecule has 2 unspecified atom stereocenters. The van der Waals surface area contributed by atoms with E-state index < -0.39 is 19.8 Å². The molecule has 29 heavy (non-hydrogen) atoms. The van der Waals surface area contributed by atoms with Crippen molar-refractivity contribution in [2.24, 2.45) is 11.8 Å². The molecule has 1 fully saturated rings. The van der Waals surface area contributed by atoms with Crippen LogP contribution < -0.4 is 0 Å². The largest absolute Gasteiger partial charge is 0.396 e. The van der Waals surface area contributed by atoms with Gasteiger partial charge >= 0.3 is 7.60 Å². The van der Waals surface area contributed by atoms with Crippen LogP contribution in [0, 0.1) is 11.8 Å². The van der Waals surface area contributed by atoms with Crippen LogP contribution in [0.1, 0.15) is 37.7 Å². The van der Waals surface area contributed by atoms with Crippen LogP contribution in [-0.2, 0) is 20.0 Å². The molecule has 164 valence electrons. The van der Waals surface area contributed by atoms with Gasteiger partial charge in [0.15, 0.2) is 0 Å². The molecule has 0 aliphatic heterocycles. The zero-order valence-electron chi connectivity index (χ0n) is 17.2. The van der Waals surface area contributed by atoms with E-state index in [-0.39, 0.29) is 31.2 Å². The predicted molar refractivity (Wildman–Crippen MR) is 114 cm³/mol. The molecule has 0 aromatic heterocycles. The van der Waals surface area contributed by atoms with E-state index in [4.69, 9.17) is 14.2 Å². The van der Waals surface area contributed by atoms with E-state index in [0.29, 0.717) is 19.3 Å². The molecule has 2 rings (SSSR count). The zero-order valence-corrected chi connectivity index (χ0v) is 18.1. The molecule has 6 nitrogen and oxygen atoms in total. The summed E-state index contributed by atoms with van der Waals surface area (Å²) >= 11 is 0. The molecule has 1 saturated carbocycles. The van der Waals surface area contributed by atoms with Gasteiger partial charge in [-0.15, -0.1) is 0 Å². The Bertz CT molecular complexity index is 650. The average molecular weight is 426 g/mol. The Kier molecular flexibility index (Phi) is 10.6. The highest BCUT2D eigenvalue weighted by Gasteiger charge is 2.42. The summed E-state index contributed by atoms with van der Waals surface area (Å²) in [5, 5.41) is 29.5. The summed E-state index contributed by atoms with van der Waals surface area (Å²) in [7, 11) is -1.88. The number of hydrogen-bond donors (Lipinski definition) is 3. The number of aliphatic hydroxyl groups excluding tert-OH is 3. The number of benzene rings is 1. The van der Waals surface area contributed by atoms with Crippen LogP contribution in [0.2, 0.25) is 0 Å². The predicted octanol–water partition coefficient (Wildman–Crippen LogP) is 3.55. The number of aliphatic hydroxyl groups is 3. The van der Waals surface area contributed by atoms with Gasteiger partial charge in [0.2, 0.25) is 0 Å². The minimum Gasteiger partial charge on any atom is -0.396 e. The Labute approximate surface area is 174 Å². The molecule has 3 N–H and O–H groups in total. The van der Waals surface area contributed by atoms with Crippen LogP contribution in [-0.4, -0.2) is 54.0 Å². The molecule has 0 bridgehead atoms. The summed E-state index contributed by atoms with van der Waals surface area (Å²) in [5.74, 6) is -0.425. The van der Waals surface area contributed by atoms with E-state index in [2.05, 4.69) is 0 Å². The smallest absolute Gasteiger partial charge is 0.330 e. The van der Waals surface area contributed by atoms with Gasteiger partial charge < -0.3 is 24.4 Å². The molecule has 0 radical (unpaired) electrons. The van der Waals surface area contributed by atoms with Gasteiger partial charge in [0, 0.05) is 19.6 Å². The van der Waals surface area contributed by atoms with Gasteiger partial charge in [-0.25, -0.2) is 0 Å². The summed E-state index contributed by atoms with van der Waals surface area (Å²) in [6, 6.07) is 9.75. The second-order valence-electron chi connectivity index (χ2n) is 7.67. The fourth-order valence-corrected chi connectivity index (χ4v) is 5.15. The van der Waals surface area contributed by atoms with Crippen LogP contribution in [0.15, 0.2) is 42.5 Å². The highest BCUT2D eigenvalue weighted by Crippen LogP contribution is 2.49. The molecule has 1 aromatic rings. The standard InChI is InChI=1S/C22H35O6P/c1-27-29(26,15-13-18-10-6-5-7-11-18)28-17-20-19(21(24)16-22(20)25)12-8-3-2-4-9-14-23/h3,5-8,10-11,19-25H,2,4,9,12-17H2,1H3/b8-3-/t19?,20-,21+,22-,29?/m0/s1. The van der Waals surface area contributed by atoms with E-state index in [0.717, 1.165) is 24.8 Å². The molecule has 5 atom stereocenters. The van der Waals surface area contributed by atoms with Crippen molar-refractivity contribution in [3.63, 3.8) is 0 Å². The van der Waals surface area contributed by atoms with E-state index in [1.165, 1.54) is 7.11 Å². The van der Waals surface area contributed by atoms with Gasteiger partial charge in [-0.2, -0.15) is 0 Å². The third-order valence-electron chi connectivity index (χ3n) is 5.63. The van der Waals surface area contributed by atoms with Crippen LogP contribution >= 0.6 is 7.60 Å². The quantitative estimate of drug-likeness (QED) is 0.254. The topological polar surface area (TPSA) is 96.2 Å². The second kappa shape index (κ2) is 12.6. The van der Waals surface area contributed by atoms with Crippen molar-refractivity contribution in [3.05, 3.63) is 48.0 Å². The van der Waals surface area contributed by atoms with E-state index in [1.54, 1.807) is 0 Å². The van der Waals surface area contributed by atoms with Crippen molar-refractivity contribution in [1.29, 1.82) is 0 Å². The summed E-state index contributed by atoms with van der Waals surface area (Å²) < 4.78 is 23.9. The molecule has 0 spiro atoms. The van der Waals surface area contributed by atoms with Crippen molar-refractivity contribution in [1.82, 2.24) is 0 Å². The minimum atomic E-state index is -3.27. The van der Waals surface area contributed by atoms with Crippen molar-refractivity contribution in [3.8, 4) is 0 Å². The molecular formula is C22H35O6P. The number of hydrogen-bond acceptors (Lipinski definition) is 6. The maximum absolute atomic E-state index is 12.9. The zero-order chi connectivity index (χ0) is 21.1. The Hall–Kier alpha value is -1.01. The van der Waals surface area contributed by atoms with Crippen LogP contribution in [0.4, 0.5) is 0 Å². The molecule has 0 amide bonds. The van der Waals surface area contributed by atoms with Crippen molar-refractivity contribution < 1.29 is 28.9 Å². The third kappa shape index (κ3) is 7.97. The Morgan fingerprint density at radius 3 is 2.52 bits per heavy atom. The van der Waals surface area contributed by atoms with Crippen molar-refractivity contribution >= 4 is 7.60 Å². The fraction of sp³-hybridized carbons (Fsp3) is 0.636. The lowest BCUT2D eigenvalue weighted by Gasteiger charge is -2.25. The lowest BCUT2D eigenvalue weighted by atomic mass is 9.91. The third-order valence-corrected chi connectivity index (χ3v) is 7.50. The maximum Gasteiger partial charge on any atom is 0.330 e. The van der Waals surface area contributed by atoms with Crippen LogP contribution in [0.3, 0.4) is 0 Å². The first-order valence-electron chi connectivity index (χ1n) is 10.4. The van der Waals surface area contributed by atoms with Gasteiger partial charge in [0.25, 0.3) is 0 Å². The Morgan fingerprint density at radius 2 is 1.83 bits per heavy atom. The van der Waals surface area contributed by atoms with Crippen LogP contribution in [0.5, 0.6) is 0 Å². The Balaban J connectivity index is 1.87. The van der Waals surface area contributed by atoms with E-state index in [9.17, 15) is 14.8 Å². The average Bonchev–Trinajstić information content (AvgIpc) is 3.00. The molecule has 0 saturated heterocycles. The van der Waals surface area contributed by atoms with Gasteiger partial charge in [-0.1, -0.05) is 42.5 Å². The summed E-state index contributed by atoms with van der Waals surface area (Å²) in [4.78, 5) is 0. The van der Waals surface area contributed by atoms with Crippen molar-refractivity contribution in [2.75, 3.05) is 26.5 Å². The Morgan fingerprint density at radius 1 is 1.10 bits per heavy atom. The van der Waals surface area contributed by atoms with E-state index >= 15 is 0 Å². The summed E-state index contributed by atoms with van der Waals surface area (Å²) in [6.45, 7) is 0.297. The molecule has 1 aliphatic rings. The molecular weight excluding hydrogens is 391 g/mol. The maximum atomic E-state index is 12.9. The normalized spacial score (nSPS) is 26.8. The summed E-state index contributed by atoms with van der Waals surface area (Å²) in [5.41, 5.74) is 1.06. The SMILES string of the molecule is COP(=O)(CCc1ccccc1)OC[C@H]1C(C/C=C\CCCCO)[C@H](O)C[C@@H]1O. The van der Waals surface area contributed by atoms with Gasteiger partial charge in [0.1, 0.15) is 0 Å². The lowest BCUT2D eigenvalue weighted by Crippen LogP contribution is -2.26. The molecule has 1 aromatic carbocycles. The van der Waals surface area contributed by atoms with Gasteiger partial charge in [-0.05, 0) is 50.0 Å². The molecule has 7 heteroatoms. The summed E-state index contributed by atoms with van der Waals surface area (Å²) in [6.07, 6.45) is 7.15. The highest BCUT2D eigenvalue weighted by molar-refractivity contribution is 7.53. The van der Waals surface area contributed by atoms with E-state index in [1.807, 2.05) is 42.5 Å². The number of unbranched alkanes of at least 4 members (excludes halogenated alkanes) is 2. The number of allylic oxidation sites excluding steroid dienone is 2. The minimum absolute atomic E-state index is 0.0984. The number of rotatable bonds is 13. The molecule has 1 aliphatic carbocycles. The van der Waals surface area contributed by atoms with Crippen LogP contribution in [0.25, 0.3) is 0 Å². The first-order chi connectivity index (χ1) is 14.0. The van der Waals surface area contributed by atoms with Crippen molar-refractivity contribution in [2.45, 2.75) is 50.7 Å². The molecule has 0 heterocycles.